The number of H-pyrrole nitrogens is 1. The van der Waals surface area contributed by atoms with E-state index in [-0.39, 0.29) is 9.90 Å². The average Bonchev–Trinajstić information content (AvgIpc) is 3.07. The van der Waals surface area contributed by atoms with Crippen LogP contribution in [-0.4, -0.2) is 26.8 Å². The molecule has 3 rings (SSSR count). The van der Waals surface area contributed by atoms with Gasteiger partial charge in [0.15, 0.2) is 4.21 Å². The summed E-state index contributed by atoms with van der Waals surface area (Å²) in [5.74, 6) is 0. The van der Waals surface area contributed by atoms with Crippen LogP contribution in [0, 0.1) is 0 Å². The van der Waals surface area contributed by atoms with Crippen LogP contribution in [0.3, 0.4) is 0 Å². The third kappa shape index (κ3) is 3.05. The van der Waals surface area contributed by atoms with Crippen molar-refractivity contribution in [3.05, 3.63) is 35.6 Å². The summed E-state index contributed by atoms with van der Waals surface area (Å²) in [6.45, 7) is 0. The molecule has 0 bridgehead atoms. The maximum absolute atomic E-state index is 12.4. The molecule has 12 heteroatoms. The van der Waals surface area contributed by atoms with Gasteiger partial charge >= 0.3 is 0 Å². The standard InChI is InChI=1S/C11H9ClN4O4S3/c12-7-4-14-10-6(7)2-1-3-8(10)16-23(19,20)9-5-15-11(21-9)22(13,17)18/h1-5,14,16H,(H2,13,17,18). The largest absolute Gasteiger partial charge is 0.358 e. The number of benzene rings is 1. The summed E-state index contributed by atoms with van der Waals surface area (Å²) >= 11 is 6.46. The Kier molecular flexibility index (Phi) is 3.84. The molecule has 122 valence electrons. The van der Waals surface area contributed by atoms with Gasteiger partial charge in [-0.25, -0.2) is 27.0 Å². The summed E-state index contributed by atoms with van der Waals surface area (Å²) < 4.78 is 48.8. The number of hydrogen-bond donors (Lipinski definition) is 3. The number of nitrogens with zero attached hydrogens (tertiary/aromatic N) is 1. The summed E-state index contributed by atoms with van der Waals surface area (Å²) in [5, 5.41) is 6.04. The number of anilines is 1. The maximum atomic E-state index is 12.4. The topological polar surface area (TPSA) is 135 Å². The van der Waals surface area contributed by atoms with Gasteiger partial charge in [-0.05, 0) is 6.07 Å². The lowest BCUT2D eigenvalue weighted by molar-refractivity contribution is 0.596. The van der Waals surface area contributed by atoms with Crippen LogP contribution in [0.5, 0.6) is 0 Å². The molecular weight excluding hydrogens is 384 g/mol. The molecule has 3 aromatic rings. The Hall–Kier alpha value is -1.66. The van der Waals surface area contributed by atoms with Crippen molar-refractivity contribution in [3.8, 4) is 0 Å². The molecule has 0 aliphatic heterocycles. The van der Waals surface area contributed by atoms with Gasteiger partial charge in [0.25, 0.3) is 20.0 Å². The van der Waals surface area contributed by atoms with E-state index in [1.165, 1.54) is 6.20 Å². The molecule has 0 aliphatic carbocycles. The summed E-state index contributed by atoms with van der Waals surface area (Å²) in [4.78, 5) is 6.39. The summed E-state index contributed by atoms with van der Waals surface area (Å²) in [5.41, 5.74) is 0.789. The SMILES string of the molecule is NS(=O)(=O)c1ncc(S(=O)(=O)Nc2cccc3c(Cl)c[nH]c23)s1. The highest BCUT2D eigenvalue weighted by Crippen LogP contribution is 2.31. The number of sulfonamides is 2. The highest BCUT2D eigenvalue weighted by atomic mass is 35.5. The Morgan fingerprint density at radius 3 is 2.65 bits per heavy atom. The van der Waals surface area contributed by atoms with Crippen molar-refractivity contribution in [2.45, 2.75) is 8.55 Å². The first-order valence-electron chi connectivity index (χ1n) is 5.95. The summed E-state index contributed by atoms with van der Waals surface area (Å²) in [7, 11) is -8.07. The number of nitrogens with one attached hydrogen (secondary N) is 2. The minimum Gasteiger partial charge on any atom is -0.358 e. The Labute approximate surface area is 140 Å². The molecule has 8 nitrogen and oxygen atoms in total. The molecule has 0 radical (unpaired) electrons. The minimum absolute atomic E-state index is 0.267. The van der Waals surface area contributed by atoms with Gasteiger partial charge in [0.05, 0.1) is 22.4 Å². The van der Waals surface area contributed by atoms with E-state index in [2.05, 4.69) is 14.7 Å². The van der Waals surface area contributed by atoms with Crippen LogP contribution in [-0.2, 0) is 20.0 Å². The van der Waals surface area contributed by atoms with Crippen LogP contribution in [0.1, 0.15) is 0 Å². The fourth-order valence-electron chi connectivity index (χ4n) is 1.90. The van der Waals surface area contributed by atoms with E-state index in [1.54, 1.807) is 18.2 Å². The van der Waals surface area contributed by atoms with Gasteiger partial charge in [-0.15, -0.1) is 0 Å². The molecule has 0 unspecified atom stereocenters. The zero-order valence-electron chi connectivity index (χ0n) is 11.1. The predicted octanol–water partition coefficient (Wildman–Crippen LogP) is 1.73. The third-order valence-corrected chi connectivity index (χ3v) is 7.35. The number of hydrogen-bond acceptors (Lipinski definition) is 6. The van der Waals surface area contributed by atoms with Crippen molar-refractivity contribution in [1.29, 1.82) is 0 Å². The van der Waals surface area contributed by atoms with E-state index < -0.39 is 24.4 Å². The maximum Gasteiger partial charge on any atom is 0.273 e. The van der Waals surface area contributed by atoms with Crippen molar-refractivity contribution in [2.75, 3.05) is 4.72 Å². The van der Waals surface area contributed by atoms with Crippen molar-refractivity contribution in [1.82, 2.24) is 9.97 Å². The molecule has 0 amide bonds. The van der Waals surface area contributed by atoms with Crippen LogP contribution >= 0.6 is 22.9 Å². The van der Waals surface area contributed by atoms with Gasteiger partial charge in [-0.2, -0.15) is 0 Å². The minimum atomic E-state index is -4.05. The number of primary sulfonamides is 1. The van der Waals surface area contributed by atoms with Crippen molar-refractivity contribution < 1.29 is 16.8 Å². The van der Waals surface area contributed by atoms with Crippen LogP contribution < -0.4 is 9.86 Å². The summed E-state index contributed by atoms with van der Waals surface area (Å²) in [6.07, 6.45) is 2.48. The van der Waals surface area contributed by atoms with Gasteiger partial charge in [0.1, 0.15) is 0 Å². The van der Waals surface area contributed by atoms with Gasteiger partial charge < -0.3 is 4.98 Å². The fourth-order valence-corrected chi connectivity index (χ4v) is 5.14. The summed E-state index contributed by atoms with van der Waals surface area (Å²) in [6, 6.07) is 4.93. The van der Waals surface area contributed by atoms with Crippen LogP contribution in [0.15, 0.2) is 39.1 Å². The first-order chi connectivity index (χ1) is 10.7. The second kappa shape index (κ2) is 5.46. The normalized spacial score (nSPS) is 12.6. The molecule has 0 aliphatic rings. The second-order valence-corrected chi connectivity index (χ2v) is 9.54. The number of aromatic amines is 1. The quantitative estimate of drug-likeness (QED) is 0.621. The third-order valence-electron chi connectivity index (χ3n) is 2.88. The Morgan fingerprint density at radius 2 is 2.00 bits per heavy atom. The lowest BCUT2D eigenvalue weighted by Crippen LogP contribution is -2.12. The van der Waals surface area contributed by atoms with E-state index in [4.69, 9.17) is 16.7 Å². The molecule has 4 N–H and O–H groups in total. The number of para-hydroxylation sites is 1. The van der Waals surface area contributed by atoms with E-state index in [0.717, 1.165) is 6.20 Å². The molecule has 0 saturated heterocycles. The van der Waals surface area contributed by atoms with Crippen LogP contribution in [0.2, 0.25) is 5.02 Å². The molecule has 23 heavy (non-hydrogen) atoms. The zero-order valence-corrected chi connectivity index (χ0v) is 14.4. The van der Waals surface area contributed by atoms with E-state index >= 15 is 0 Å². The Balaban J connectivity index is 2.02. The molecule has 0 atom stereocenters. The number of fused-ring (bicyclic) bond motifs is 1. The number of nitrogens with two attached hydrogens (primary N) is 1. The first-order valence-corrected chi connectivity index (χ1v) is 10.2. The second-order valence-electron chi connectivity index (χ2n) is 4.46. The van der Waals surface area contributed by atoms with Crippen molar-refractivity contribution in [3.63, 3.8) is 0 Å². The average molecular weight is 393 g/mol. The van der Waals surface area contributed by atoms with Gasteiger partial charge in [-0.1, -0.05) is 35.1 Å². The Bertz CT molecular complexity index is 1100. The predicted molar refractivity (Wildman–Crippen MR) is 87.6 cm³/mol. The number of aromatic nitrogens is 2. The highest BCUT2D eigenvalue weighted by molar-refractivity contribution is 7.96. The number of thiazole rings is 1. The molecule has 2 aromatic heterocycles. The number of halogens is 1. The van der Waals surface area contributed by atoms with Gasteiger partial charge in [-0.3, -0.25) is 4.72 Å². The molecule has 0 fully saturated rings. The van der Waals surface area contributed by atoms with Gasteiger partial charge in [0, 0.05) is 11.6 Å². The lowest BCUT2D eigenvalue weighted by atomic mass is 10.2. The molecule has 2 heterocycles. The van der Waals surface area contributed by atoms with E-state index in [9.17, 15) is 16.8 Å². The molecule has 1 aromatic carbocycles. The van der Waals surface area contributed by atoms with E-state index in [0.29, 0.717) is 27.3 Å². The zero-order chi connectivity index (χ0) is 16.8. The van der Waals surface area contributed by atoms with Gasteiger partial charge in [0.2, 0.25) is 4.34 Å². The molecule has 0 saturated carbocycles. The van der Waals surface area contributed by atoms with Crippen LogP contribution in [0.4, 0.5) is 5.69 Å². The van der Waals surface area contributed by atoms with E-state index in [1.807, 2.05) is 0 Å². The lowest BCUT2D eigenvalue weighted by Gasteiger charge is -2.07. The monoisotopic (exact) mass is 392 g/mol. The number of rotatable bonds is 4. The molecular formula is C11H9ClN4O4S3. The smallest absolute Gasteiger partial charge is 0.273 e. The first kappa shape index (κ1) is 16.2. The molecule has 0 spiro atoms. The Morgan fingerprint density at radius 1 is 1.26 bits per heavy atom. The van der Waals surface area contributed by atoms with Crippen LogP contribution in [0.25, 0.3) is 10.9 Å². The van der Waals surface area contributed by atoms with Crippen molar-refractivity contribution >= 4 is 59.6 Å². The fraction of sp³-hybridized carbons (Fsp3) is 0. The van der Waals surface area contributed by atoms with Crippen molar-refractivity contribution in [2.24, 2.45) is 5.14 Å². The highest BCUT2D eigenvalue weighted by Gasteiger charge is 2.23.